The van der Waals surface area contributed by atoms with Crippen LogP contribution in [0.1, 0.15) is 40.0 Å². The highest BCUT2D eigenvalue weighted by molar-refractivity contribution is 5.68. The molecule has 0 aromatic carbocycles. The quantitative estimate of drug-likeness (QED) is 0.522. The monoisotopic (exact) mass is 206 g/mol. The van der Waals surface area contributed by atoms with Crippen molar-refractivity contribution in [2.24, 2.45) is 0 Å². The van der Waals surface area contributed by atoms with E-state index in [2.05, 4.69) is 6.92 Å². The van der Waals surface area contributed by atoms with E-state index in [-0.39, 0.29) is 12.6 Å². The van der Waals surface area contributed by atoms with Gasteiger partial charge in [-0.25, -0.2) is 0 Å². The van der Waals surface area contributed by atoms with Gasteiger partial charge >= 0.3 is 5.97 Å². The lowest BCUT2D eigenvalue weighted by Gasteiger charge is -1.99. The second kappa shape index (κ2) is 12.4. The number of rotatable bonds is 5. The number of carbonyl (C=O) groups excluding carboxylic acids is 1. The summed E-state index contributed by atoms with van der Waals surface area (Å²) in [6, 6.07) is 0. The summed E-state index contributed by atoms with van der Waals surface area (Å²) in [6.07, 6.45) is 1.99. The molecule has 0 radical (unpaired) electrons. The number of aliphatic hydroxyl groups is 2. The van der Waals surface area contributed by atoms with Gasteiger partial charge in [0.1, 0.15) is 0 Å². The zero-order valence-corrected chi connectivity index (χ0v) is 9.32. The van der Waals surface area contributed by atoms with Crippen LogP contribution >= 0.6 is 0 Å². The van der Waals surface area contributed by atoms with Crippen molar-refractivity contribution in [3.05, 3.63) is 0 Å². The summed E-state index contributed by atoms with van der Waals surface area (Å²) in [6.45, 7) is 5.84. The van der Waals surface area contributed by atoms with Crippen molar-refractivity contribution in [3.63, 3.8) is 0 Å². The molecule has 0 saturated carbocycles. The van der Waals surface area contributed by atoms with E-state index in [1.807, 2.05) is 0 Å². The average Bonchev–Trinajstić information content (AvgIpc) is 2.19. The Morgan fingerprint density at radius 1 is 1.43 bits per heavy atom. The Hall–Kier alpha value is -0.610. The number of hydrogen-bond donors (Lipinski definition) is 2. The van der Waals surface area contributed by atoms with Gasteiger partial charge in [0, 0.05) is 6.42 Å². The predicted octanol–water partition coefficient (Wildman–Crippen LogP) is 1.10. The first-order valence-electron chi connectivity index (χ1n) is 5.02. The van der Waals surface area contributed by atoms with Crippen molar-refractivity contribution in [1.82, 2.24) is 0 Å². The van der Waals surface area contributed by atoms with Crippen LogP contribution in [0.5, 0.6) is 0 Å². The molecular weight excluding hydrogens is 184 g/mol. The molecule has 0 aromatic rings. The third kappa shape index (κ3) is 17.5. The summed E-state index contributed by atoms with van der Waals surface area (Å²) in [4.78, 5) is 10.5. The minimum absolute atomic E-state index is 0.0940. The number of ether oxygens (including phenoxy) is 1. The molecule has 0 bridgehead atoms. The number of esters is 1. The van der Waals surface area contributed by atoms with Crippen LogP contribution in [0.15, 0.2) is 0 Å². The van der Waals surface area contributed by atoms with Crippen molar-refractivity contribution < 1.29 is 19.7 Å². The summed E-state index contributed by atoms with van der Waals surface area (Å²) in [5, 5.41) is 16.0. The molecule has 0 amide bonds. The van der Waals surface area contributed by atoms with E-state index >= 15 is 0 Å². The molecule has 0 aliphatic heterocycles. The zero-order chi connectivity index (χ0) is 11.4. The average molecular weight is 206 g/mol. The van der Waals surface area contributed by atoms with Crippen LogP contribution < -0.4 is 0 Å². The summed E-state index contributed by atoms with van der Waals surface area (Å²) in [5.41, 5.74) is 0. The van der Waals surface area contributed by atoms with Crippen molar-refractivity contribution in [2.45, 2.75) is 46.1 Å². The first-order valence-corrected chi connectivity index (χ1v) is 5.02. The molecule has 86 valence electrons. The summed E-state index contributed by atoms with van der Waals surface area (Å²) < 4.78 is 4.79. The second-order valence-corrected chi connectivity index (χ2v) is 2.96. The summed E-state index contributed by atoms with van der Waals surface area (Å²) in [7, 11) is 0. The topological polar surface area (TPSA) is 66.8 Å². The molecule has 0 aromatic heterocycles. The van der Waals surface area contributed by atoms with Crippen LogP contribution in [0.2, 0.25) is 0 Å². The molecule has 0 rings (SSSR count). The molecule has 1 atom stereocenters. The fraction of sp³-hybridized carbons (Fsp3) is 0.900. The lowest BCUT2D eigenvalue weighted by molar-refractivity contribution is -0.143. The Kier molecular flexibility index (Phi) is 14.0. The van der Waals surface area contributed by atoms with Crippen LogP contribution in [0.3, 0.4) is 0 Å². The van der Waals surface area contributed by atoms with Gasteiger partial charge in [0.2, 0.25) is 0 Å². The minimum atomic E-state index is -0.560. The van der Waals surface area contributed by atoms with E-state index in [1.54, 1.807) is 6.92 Å². The van der Waals surface area contributed by atoms with Crippen molar-refractivity contribution in [2.75, 3.05) is 13.2 Å². The maximum atomic E-state index is 10.5. The van der Waals surface area contributed by atoms with E-state index in [1.165, 1.54) is 6.92 Å². The summed E-state index contributed by atoms with van der Waals surface area (Å²) in [5.74, 6) is -0.0940. The van der Waals surface area contributed by atoms with Crippen LogP contribution in [0, 0.1) is 0 Å². The molecule has 0 spiro atoms. The van der Waals surface area contributed by atoms with Crippen LogP contribution in [0.4, 0.5) is 0 Å². The molecule has 1 unspecified atom stereocenters. The molecular formula is C10H22O4. The van der Waals surface area contributed by atoms with E-state index in [0.717, 1.165) is 12.8 Å². The lowest BCUT2D eigenvalue weighted by Crippen LogP contribution is -2.03. The number of carbonyl (C=O) groups is 1. The third-order valence-electron chi connectivity index (χ3n) is 1.31. The Labute approximate surface area is 85.9 Å². The molecule has 0 fully saturated rings. The smallest absolute Gasteiger partial charge is 0.305 e. The molecule has 2 N–H and O–H groups in total. The third-order valence-corrected chi connectivity index (χ3v) is 1.31. The van der Waals surface area contributed by atoms with E-state index in [0.29, 0.717) is 13.0 Å². The fourth-order valence-electron chi connectivity index (χ4n) is 0.432. The fourth-order valence-corrected chi connectivity index (χ4v) is 0.432. The largest absolute Gasteiger partial charge is 0.466 e. The Morgan fingerprint density at radius 3 is 2.21 bits per heavy atom. The maximum Gasteiger partial charge on any atom is 0.305 e. The number of aliphatic hydroxyl groups excluding tert-OH is 2. The minimum Gasteiger partial charge on any atom is -0.466 e. The molecule has 0 aliphatic carbocycles. The molecule has 0 saturated heterocycles. The molecule has 4 nitrogen and oxygen atoms in total. The predicted molar refractivity (Wildman–Crippen MR) is 54.9 cm³/mol. The molecule has 0 heterocycles. The lowest BCUT2D eigenvalue weighted by atomic mass is 10.4. The van der Waals surface area contributed by atoms with Crippen LogP contribution in [0.25, 0.3) is 0 Å². The van der Waals surface area contributed by atoms with E-state index < -0.39 is 6.10 Å². The van der Waals surface area contributed by atoms with Gasteiger partial charge in [0.05, 0.1) is 19.3 Å². The highest BCUT2D eigenvalue weighted by Crippen LogP contribution is 1.90. The zero-order valence-electron chi connectivity index (χ0n) is 9.32. The van der Waals surface area contributed by atoms with Crippen molar-refractivity contribution in [3.8, 4) is 0 Å². The van der Waals surface area contributed by atoms with Gasteiger partial charge in [0.25, 0.3) is 0 Å². The van der Waals surface area contributed by atoms with E-state index in [4.69, 9.17) is 14.9 Å². The van der Waals surface area contributed by atoms with Gasteiger partial charge in [-0.1, -0.05) is 20.3 Å². The summed E-state index contributed by atoms with van der Waals surface area (Å²) >= 11 is 0. The Balaban J connectivity index is 0. The van der Waals surface area contributed by atoms with Gasteiger partial charge in [-0.15, -0.1) is 0 Å². The van der Waals surface area contributed by atoms with Gasteiger partial charge in [0.15, 0.2) is 0 Å². The number of hydrogen-bond acceptors (Lipinski definition) is 4. The SMILES string of the molecule is CC(O)CO.CCCCOC(=O)CC. The van der Waals surface area contributed by atoms with Gasteiger partial charge in [-0.3, -0.25) is 4.79 Å². The highest BCUT2D eigenvalue weighted by Gasteiger charge is 1.94. The molecule has 14 heavy (non-hydrogen) atoms. The van der Waals surface area contributed by atoms with Crippen molar-refractivity contribution in [1.29, 1.82) is 0 Å². The van der Waals surface area contributed by atoms with Gasteiger partial charge in [-0.05, 0) is 13.3 Å². The first-order chi connectivity index (χ1) is 6.58. The normalized spacial score (nSPS) is 11.2. The van der Waals surface area contributed by atoms with Crippen LogP contribution in [-0.4, -0.2) is 35.5 Å². The Bertz CT molecular complexity index is 123. The number of unbranched alkanes of at least 4 members (excludes halogenated alkanes) is 1. The van der Waals surface area contributed by atoms with Crippen molar-refractivity contribution >= 4 is 5.97 Å². The molecule has 0 aliphatic rings. The standard InChI is InChI=1S/C7H14O2.C3H8O2/c1-3-5-6-9-7(8)4-2;1-3(5)2-4/h3-6H2,1-2H3;3-5H,2H2,1H3. The molecule has 4 heteroatoms. The Morgan fingerprint density at radius 2 is 1.93 bits per heavy atom. The van der Waals surface area contributed by atoms with Gasteiger partial charge < -0.3 is 14.9 Å². The van der Waals surface area contributed by atoms with E-state index in [9.17, 15) is 4.79 Å². The van der Waals surface area contributed by atoms with Gasteiger partial charge in [-0.2, -0.15) is 0 Å². The maximum absolute atomic E-state index is 10.5. The second-order valence-electron chi connectivity index (χ2n) is 2.96. The van der Waals surface area contributed by atoms with Crippen LogP contribution in [-0.2, 0) is 9.53 Å². The first kappa shape index (κ1) is 15.8. The highest BCUT2D eigenvalue weighted by atomic mass is 16.5.